The molecule has 2 aliphatic rings. The van der Waals surface area contributed by atoms with Gasteiger partial charge in [-0.25, -0.2) is 13.6 Å². The van der Waals surface area contributed by atoms with E-state index in [1.807, 2.05) is 18.1 Å². The van der Waals surface area contributed by atoms with E-state index in [2.05, 4.69) is 20.4 Å². The van der Waals surface area contributed by atoms with E-state index in [9.17, 15) is 13.6 Å². The summed E-state index contributed by atoms with van der Waals surface area (Å²) < 4.78 is 34.1. The molecule has 2 N–H and O–H groups in total. The van der Waals surface area contributed by atoms with Crippen LogP contribution >= 0.6 is 0 Å². The van der Waals surface area contributed by atoms with E-state index in [1.54, 1.807) is 20.8 Å². The summed E-state index contributed by atoms with van der Waals surface area (Å²) in [5.74, 6) is -0.997. The minimum Gasteiger partial charge on any atom is -0.444 e. The lowest BCUT2D eigenvalue weighted by molar-refractivity contribution is 0.0257. The number of piperidine rings is 1. The summed E-state index contributed by atoms with van der Waals surface area (Å²) in [7, 11) is 1.88. The van der Waals surface area contributed by atoms with Crippen molar-refractivity contribution in [3.8, 4) is 0 Å². The van der Waals surface area contributed by atoms with Crippen LogP contribution in [-0.4, -0.2) is 57.4 Å². The Hall–Kier alpha value is -2.52. The number of likely N-dealkylation sites (N-methyl/N-ethyl adjacent to an activating group) is 1. The lowest BCUT2D eigenvalue weighted by atomic mass is 9.87. The largest absolute Gasteiger partial charge is 0.444 e. The number of carbonyl (C=O) groups is 1. The maximum atomic E-state index is 14.7. The standard InChI is InChI=1S/C22H29F2N5O2/c1-22(2,3)31-21(30)26-18-8-15(29-10-13-9-25-27-19(13)12-29)11-28(4)20(18)16-7-14(23)5-6-17(16)24/h5-7,9,15,18,20H,8,10-12H2,1-4H3,(H,25,27)(H,26,30)/t15-,18+,20?/m1/s1. The zero-order chi connectivity index (χ0) is 22.3. The van der Waals surface area contributed by atoms with Crippen LogP contribution in [0.1, 0.15) is 50.1 Å². The molecule has 0 spiro atoms. The van der Waals surface area contributed by atoms with Crippen molar-refractivity contribution in [1.29, 1.82) is 0 Å². The second-order valence-electron chi connectivity index (χ2n) is 9.47. The van der Waals surface area contributed by atoms with Gasteiger partial charge in [0.2, 0.25) is 0 Å². The molecule has 3 heterocycles. The number of likely N-dealkylation sites (tertiary alicyclic amines) is 1. The molecule has 0 saturated carbocycles. The van der Waals surface area contributed by atoms with Crippen molar-refractivity contribution >= 4 is 6.09 Å². The number of benzene rings is 1. The molecule has 1 aromatic carbocycles. The lowest BCUT2D eigenvalue weighted by Crippen LogP contribution is -2.57. The number of nitrogens with zero attached hydrogens (tertiary/aromatic N) is 3. The molecule has 1 saturated heterocycles. The third-order valence-electron chi connectivity index (χ3n) is 5.92. The highest BCUT2D eigenvalue weighted by molar-refractivity contribution is 5.68. The number of nitrogens with one attached hydrogen (secondary N) is 2. The third-order valence-corrected chi connectivity index (χ3v) is 5.92. The maximum Gasteiger partial charge on any atom is 0.407 e. The first-order chi connectivity index (χ1) is 14.6. The van der Waals surface area contributed by atoms with Crippen molar-refractivity contribution in [2.24, 2.45) is 0 Å². The summed E-state index contributed by atoms with van der Waals surface area (Å²) in [4.78, 5) is 16.9. The van der Waals surface area contributed by atoms with Gasteiger partial charge < -0.3 is 10.1 Å². The highest BCUT2D eigenvalue weighted by atomic mass is 19.1. The van der Waals surface area contributed by atoms with Gasteiger partial charge in [-0.3, -0.25) is 14.9 Å². The second kappa shape index (κ2) is 8.20. The monoisotopic (exact) mass is 433 g/mol. The zero-order valence-corrected chi connectivity index (χ0v) is 18.3. The zero-order valence-electron chi connectivity index (χ0n) is 18.3. The molecule has 168 valence electrons. The molecule has 7 nitrogen and oxygen atoms in total. The molecule has 3 atom stereocenters. The number of alkyl carbamates (subject to hydrolysis) is 1. The molecule has 1 fully saturated rings. The van der Waals surface area contributed by atoms with Crippen LogP contribution in [0.15, 0.2) is 24.4 Å². The van der Waals surface area contributed by atoms with Crippen LogP contribution in [0.3, 0.4) is 0 Å². The summed E-state index contributed by atoms with van der Waals surface area (Å²) in [5, 5.41) is 10.0. The Bertz CT molecular complexity index is 937. The summed E-state index contributed by atoms with van der Waals surface area (Å²) >= 11 is 0. The van der Waals surface area contributed by atoms with Gasteiger partial charge in [-0.15, -0.1) is 0 Å². The SMILES string of the molecule is CN1C[C@H](N2Cc3cn[nH]c3C2)C[C@H](NC(=O)OC(C)(C)C)C1c1cc(F)ccc1F. The Morgan fingerprint density at radius 1 is 1.29 bits per heavy atom. The van der Waals surface area contributed by atoms with Crippen molar-refractivity contribution in [2.75, 3.05) is 13.6 Å². The Morgan fingerprint density at radius 2 is 2.06 bits per heavy atom. The Kier molecular flexibility index (Phi) is 5.74. The number of aromatic amines is 1. The molecule has 2 aliphatic heterocycles. The summed E-state index contributed by atoms with van der Waals surface area (Å²) in [6.45, 7) is 7.54. The fourth-order valence-electron chi connectivity index (χ4n) is 4.65. The van der Waals surface area contributed by atoms with Gasteiger partial charge in [-0.05, 0) is 52.4 Å². The van der Waals surface area contributed by atoms with Gasteiger partial charge in [0.25, 0.3) is 0 Å². The average Bonchev–Trinajstić information content (AvgIpc) is 3.24. The highest BCUT2D eigenvalue weighted by Gasteiger charge is 2.41. The van der Waals surface area contributed by atoms with Gasteiger partial charge in [0.15, 0.2) is 0 Å². The van der Waals surface area contributed by atoms with Gasteiger partial charge in [-0.1, -0.05) is 0 Å². The van der Waals surface area contributed by atoms with Crippen LogP contribution in [0.25, 0.3) is 0 Å². The summed E-state index contributed by atoms with van der Waals surface area (Å²) in [6.07, 6.45) is 1.86. The van der Waals surface area contributed by atoms with E-state index < -0.39 is 35.4 Å². The first-order valence-electron chi connectivity index (χ1n) is 10.5. The van der Waals surface area contributed by atoms with Gasteiger partial charge in [0, 0.05) is 36.8 Å². The predicted octanol–water partition coefficient (Wildman–Crippen LogP) is 3.34. The minimum atomic E-state index is -0.658. The average molecular weight is 434 g/mol. The van der Waals surface area contributed by atoms with Gasteiger partial charge in [0.1, 0.15) is 17.2 Å². The van der Waals surface area contributed by atoms with Crippen LogP contribution in [0.2, 0.25) is 0 Å². The molecule has 31 heavy (non-hydrogen) atoms. The quantitative estimate of drug-likeness (QED) is 0.777. The molecule has 1 unspecified atom stereocenters. The number of halogens is 2. The number of amides is 1. The van der Waals surface area contributed by atoms with Crippen LogP contribution in [-0.2, 0) is 17.8 Å². The van der Waals surface area contributed by atoms with Gasteiger partial charge in [0.05, 0.1) is 24.0 Å². The Labute approximate surface area is 180 Å². The van der Waals surface area contributed by atoms with Crippen molar-refractivity contribution in [1.82, 2.24) is 25.3 Å². The minimum absolute atomic E-state index is 0.124. The number of ether oxygens (including phenoxy) is 1. The number of fused-ring (bicyclic) bond motifs is 1. The van der Waals surface area contributed by atoms with Crippen LogP contribution in [0.5, 0.6) is 0 Å². The highest BCUT2D eigenvalue weighted by Crippen LogP contribution is 2.36. The Morgan fingerprint density at radius 3 is 2.77 bits per heavy atom. The summed E-state index contributed by atoms with van der Waals surface area (Å²) in [6, 6.07) is 2.61. The lowest BCUT2D eigenvalue weighted by Gasteiger charge is -2.46. The number of carbonyl (C=O) groups excluding carboxylic acids is 1. The van der Waals surface area contributed by atoms with Gasteiger partial charge in [-0.2, -0.15) is 5.10 Å². The number of hydrogen-bond donors (Lipinski definition) is 2. The number of hydrogen-bond acceptors (Lipinski definition) is 5. The molecule has 1 amide bonds. The molecule has 0 radical (unpaired) electrons. The van der Waals surface area contributed by atoms with Gasteiger partial charge >= 0.3 is 6.09 Å². The number of aromatic nitrogens is 2. The van der Waals surface area contributed by atoms with E-state index in [4.69, 9.17) is 4.74 Å². The van der Waals surface area contributed by atoms with E-state index in [0.717, 1.165) is 36.5 Å². The maximum absolute atomic E-state index is 14.7. The molecular weight excluding hydrogens is 404 g/mol. The molecule has 1 aromatic heterocycles. The van der Waals surface area contributed by atoms with E-state index in [0.29, 0.717) is 13.0 Å². The third kappa shape index (κ3) is 4.72. The Balaban J connectivity index is 1.59. The van der Waals surface area contributed by atoms with Crippen LogP contribution in [0, 0.1) is 11.6 Å². The molecular formula is C22H29F2N5O2. The molecule has 2 aromatic rings. The van der Waals surface area contributed by atoms with Crippen LogP contribution in [0.4, 0.5) is 13.6 Å². The van der Waals surface area contributed by atoms with E-state index >= 15 is 0 Å². The molecule has 0 aliphatic carbocycles. The fourth-order valence-corrected chi connectivity index (χ4v) is 4.65. The van der Waals surface area contributed by atoms with Crippen molar-refractivity contribution in [3.63, 3.8) is 0 Å². The topological polar surface area (TPSA) is 73.5 Å². The molecule has 4 rings (SSSR count). The first-order valence-corrected chi connectivity index (χ1v) is 10.5. The number of H-pyrrole nitrogens is 1. The molecule has 0 bridgehead atoms. The van der Waals surface area contributed by atoms with E-state index in [-0.39, 0.29) is 11.6 Å². The fraction of sp³-hybridized carbons (Fsp3) is 0.545. The van der Waals surface area contributed by atoms with Crippen molar-refractivity contribution in [3.05, 3.63) is 52.9 Å². The smallest absolute Gasteiger partial charge is 0.407 e. The van der Waals surface area contributed by atoms with Crippen molar-refractivity contribution < 1.29 is 18.3 Å². The normalized spacial score (nSPS) is 24.8. The van der Waals surface area contributed by atoms with Crippen LogP contribution < -0.4 is 5.32 Å². The second-order valence-corrected chi connectivity index (χ2v) is 9.47. The van der Waals surface area contributed by atoms with E-state index in [1.165, 1.54) is 6.07 Å². The predicted molar refractivity (Wildman–Crippen MR) is 111 cm³/mol. The summed E-state index contributed by atoms with van der Waals surface area (Å²) in [5.41, 5.74) is 1.84. The first kappa shape index (κ1) is 21.7. The molecule has 9 heteroatoms. The van der Waals surface area contributed by atoms with Crippen molar-refractivity contribution in [2.45, 2.75) is 64.0 Å². The number of rotatable bonds is 3.